The topological polar surface area (TPSA) is 74.2 Å². The van der Waals surface area contributed by atoms with E-state index in [-0.39, 0.29) is 0 Å². The van der Waals surface area contributed by atoms with Crippen LogP contribution in [0.4, 0.5) is 5.13 Å². The molecule has 1 heterocycles. The fraction of sp³-hybridized carbons (Fsp3) is 0.250. The molecule has 1 aromatic carbocycles. The highest BCUT2D eigenvalue weighted by atomic mass is 32.1. The van der Waals surface area contributed by atoms with E-state index in [2.05, 4.69) is 4.98 Å². The van der Waals surface area contributed by atoms with Gasteiger partial charge in [0.2, 0.25) is 0 Å². The number of rotatable bonds is 5. The standard InChI is InChI=1S/C12H15N3OS/c13-6-3-7-16-11-5-2-1-4-9(11)10-8-17-12(14)15-10/h1-2,4-5,8H,3,6-7,13H2,(H2,14,15). The van der Waals surface area contributed by atoms with Crippen LogP contribution in [0.5, 0.6) is 5.75 Å². The average molecular weight is 249 g/mol. The van der Waals surface area contributed by atoms with Crippen molar-refractivity contribution in [2.45, 2.75) is 6.42 Å². The molecule has 2 aromatic rings. The second-order valence-electron chi connectivity index (χ2n) is 3.56. The maximum Gasteiger partial charge on any atom is 0.180 e. The molecule has 2 rings (SSSR count). The molecular weight excluding hydrogens is 234 g/mol. The molecular formula is C12H15N3OS. The smallest absolute Gasteiger partial charge is 0.180 e. The lowest BCUT2D eigenvalue weighted by molar-refractivity contribution is 0.314. The van der Waals surface area contributed by atoms with Crippen molar-refractivity contribution < 1.29 is 4.74 Å². The van der Waals surface area contributed by atoms with E-state index in [4.69, 9.17) is 16.2 Å². The lowest BCUT2D eigenvalue weighted by Gasteiger charge is -2.09. The predicted molar refractivity (Wildman–Crippen MR) is 71.1 cm³/mol. The third kappa shape index (κ3) is 2.95. The molecule has 0 spiro atoms. The van der Waals surface area contributed by atoms with Gasteiger partial charge in [0.15, 0.2) is 5.13 Å². The van der Waals surface area contributed by atoms with Gasteiger partial charge in [0.05, 0.1) is 12.3 Å². The predicted octanol–water partition coefficient (Wildman–Crippen LogP) is 2.12. The molecule has 0 amide bonds. The SMILES string of the molecule is NCCCOc1ccccc1-c1csc(N)n1. The zero-order valence-corrected chi connectivity index (χ0v) is 10.2. The van der Waals surface area contributed by atoms with Crippen LogP contribution in [-0.4, -0.2) is 18.1 Å². The van der Waals surface area contributed by atoms with E-state index in [1.165, 1.54) is 11.3 Å². The van der Waals surface area contributed by atoms with E-state index in [1.807, 2.05) is 29.6 Å². The summed E-state index contributed by atoms with van der Waals surface area (Å²) in [6.45, 7) is 1.25. The second-order valence-corrected chi connectivity index (χ2v) is 4.45. The number of thiazole rings is 1. The van der Waals surface area contributed by atoms with Crippen LogP contribution < -0.4 is 16.2 Å². The Balaban J connectivity index is 2.21. The van der Waals surface area contributed by atoms with Crippen molar-refractivity contribution in [3.8, 4) is 17.0 Å². The minimum atomic E-state index is 0.566. The van der Waals surface area contributed by atoms with Gasteiger partial charge in [0.1, 0.15) is 5.75 Å². The van der Waals surface area contributed by atoms with Gasteiger partial charge in [-0.05, 0) is 25.1 Å². The summed E-state index contributed by atoms with van der Waals surface area (Å²) in [5, 5.41) is 2.50. The number of nitrogens with zero attached hydrogens (tertiary/aromatic N) is 1. The Hall–Kier alpha value is -1.59. The minimum absolute atomic E-state index is 0.566. The van der Waals surface area contributed by atoms with Crippen LogP contribution in [0, 0.1) is 0 Å². The van der Waals surface area contributed by atoms with Crippen molar-refractivity contribution in [3.05, 3.63) is 29.6 Å². The molecule has 0 unspecified atom stereocenters. The summed E-state index contributed by atoms with van der Waals surface area (Å²) >= 11 is 1.43. The van der Waals surface area contributed by atoms with E-state index in [0.717, 1.165) is 23.4 Å². The zero-order valence-electron chi connectivity index (χ0n) is 9.43. The van der Waals surface area contributed by atoms with E-state index < -0.39 is 0 Å². The normalized spacial score (nSPS) is 10.4. The number of aromatic nitrogens is 1. The second kappa shape index (κ2) is 5.65. The Morgan fingerprint density at radius 2 is 2.12 bits per heavy atom. The van der Waals surface area contributed by atoms with Crippen molar-refractivity contribution in [2.24, 2.45) is 5.73 Å². The molecule has 4 N–H and O–H groups in total. The zero-order chi connectivity index (χ0) is 12.1. The number of hydrogen-bond acceptors (Lipinski definition) is 5. The van der Waals surface area contributed by atoms with Crippen molar-refractivity contribution in [1.82, 2.24) is 4.98 Å². The monoisotopic (exact) mass is 249 g/mol. The number of benzene rings is 1. The summed E-state index contributed by atoms with van der Waals surface area (Å²) in [7, 11) is 0. The summed E-state index contributed by atoms with van der Waals surface area (Å²) in [6.07, 6.45) is 0.841. The van der Waals surface area contributed by atoms with Crippen LogP contribution in [0.1, 0.15) is 6.42 Å². The first-order valence-corrected chi connectivity index (χ1v) is 6.32. The Labute approximate surface area is 104 Å². The van der Waals surface area contributed by atoms with Crippen molar-refractivity contribution >= 4 is 16.5 Å². The largest absolute Gasteiger partial charge is 0.493 e. The van der Waals surface area contributed by atoms with Crippen molar-refractivity contribution in [1.29, 1.82) is 0 Å². The number of para-hydroxylation sites is 1. The fourth-order valence-corrected chi connectivity index (χ4v) is 2.04. The highest BCUT2D eigenvalue weighted by Gasteiger charge is 2.08. The Morgan fingerprint density at radius 3 is 2.82 bits per heavy atom. The number of nitrogen functional groups attached to an aromatic ring is 1. The first kappa shape index (κ1) is 11.9. The van der Waals surface area contributed by atoms with Gasteiger partial charge in [0, 0.05) is 10.9 Å². The first-order chi connectivity index (χ1) is 8.31. The maximum atomic E-state index is 5.69. The van der Waals surface area contributed by atoms with Gasteiger partial charge in [-0.15, -0.1) is 11.3 Å². The van der Waals surface area contributed by atoms with Crippen LogP contribution in [-0.2, 0) is 0 Å². The highest BCUT2D eigenvalue weighted by molar-refractivity contribution is 7.13. The molecule has 0 aliphatic carbocycles. The molecule has 0 radical (unpaired) electrons. The lowest BCUT2D eigenvalue weighted by Crippen LogP contribution is -2.06. The van der Waals surface area contributed by atoms with Gasteiger partial charge in [-0.1, -0.05) is 12.1 Å². The number of hydrogen-bond donors (Lipinski definition) is 2. The summed E-state index contributed by atoms with van der Waals surface area (Å²) in [5.41, 5.74) is 12.9. The quantitative estimate of drug-likeness (QED) is 0.796. The molecule has 0 saturated heterocycles. The van der Waals surface area contributed by atoms with Crippen LogP contribution >= 0.6 is 11.3 Å². The van der Waals surface area contributed by atoms with Gasteiger partial charge in [0.25, 0.3) is 0 Å². The van der Waals surface area contributed by atoms with Gasteiger partial charge in [-0.25, -0.2) is 4.98 Å². The summed E-state index contributed by atoms with van der Waals surface area (Å²) in [6, 6.07) is 7.81. The summed E-state index contributed by atoms with van der Waals surface area (Å²) < 4.78 is 5.69. The van der Waals surface area contributed by atoms with Crippen LogP contribution in [0.3, 0.4) is 0 Å². The molecule has 5 heteroatoms. The number of nitrogens with two attached hydrogens (primary N) is 2. The van der Waals surface area contributed by atoms with E-state index in [0.29, 0.717) is 18.3 Å². The Bertz CT molecular complexity index is 484. The fourth-order valence-electron chi connectivity index (χ4n) is 1.48. The maximum absolute atomic E-state index is 5.69. The van der Waals surface area contributed by atoms with Crippen LogP contribution in [0.2, 0.25) is 0 Å². The number of anilines is 1. The third-order valence-electron chi connectivity index (χ3n) is 2.29. The van der Waals surface area contributed by atoms with E-state index in [9.17, 15) is 0 Å². The molecule has 0 saturated carbocycles. The molecule has 0 aliphatic heterocycles. The summed E-state index contributed by atoms with van der Waals surface area (Å²) in [4.78, 5) is 4.26. The average Bonchev–Trinajstić information content (AvgIpc) is 2.77. The van der Waals surface area contributed by atoms with Crippen molar-refractivity contribution in [3.63, 3.8) is 0 Å². The van der Waals surface area contributed by atoms with Crippen LogP contribution in [0.15, 0.2) is 29.6 Å². The molecule has 0 aliphatic rings. The lowest BCUT2D eigenvalue weighted by atomic mass is 10.1. The first-order valence-electron chi connectivity index (χ1n) is 5.44. The third-order valence-corrected chi connectivity index (χ3v) is 2.96. The molecule has 0 fully saturated rings. The molecule has 0 bridgehead atoms. The molecule has 17 heavy (non-hydrogen) atoms. The molecule has 1 aromatic heterocycles. The Morgan fingerprint density at radius 1 is 1.29 bits per heavy atom. The molecule has 0 atom stereocenters. The van der Waals surface area contributed by atoms with Gasteiger partial charge >= 0.3 is 0 Å². The summed E-state index contributed by atoms with van der Waals surface area (Å²) in [5.74, 6) is 0.825. The van der Waals surface area contributed by atoms with E-state index >= 15 is 0 Å². The number of ether oxygens (including phenoxy) is 1. The molecule has 90 valence electrons. The van der Waals surface area contributed by atoms with E-state index in [1.54, 1.807) is 0 Å². The van der Waals surface area contributed by atoms with Gasteiger partial charge in [-0.2, -0.15) is 0 Å². The van der Waals surface area contributed by atoms with Crippen molar-refractivity contribution in [2.75, 3.05) is 18.9 Å². The van der Waals surface area contributed by atoms with Crippen LogP contribution in [0.25, 0.3) is 11.3 Å². The minimum Gasteiger partial charge on any atom is -0.493 e. The Kier molecular flexibility index (Phi) is 3.95. The van der Waals surface area contributed by atoms with Gasteiger partial charge < -0.3 is 16.2 Å². The highest BCUT2D eigenvalue weighted by Crippen LogP contribution is 2.31. The molecule has 4 nitrogen and oxygen atoms in total. The van der Waals surface area contributed by atoms with Gasteiger partial charge in [-0.3, -0.25) is 0 Å².